The van der Waals surface area contributed by atoms with Crippen LogP contribution in [-0.4, -0.2) is 29.7 Å². The maximum absolute atomic E-state index is 12.4. The van der Waals surface area contributed by atoms with E-state index in [2.05, 4.69) is 14.8 Å². The molecule has 7 nitrogen and oxygen atoms in total. The zero-order valence-corrected chi connectivity index (χ0v) is 12.9. The number of aryl methyl sites for hydroxylation is 1. The lowest BCUT2D eigenvalue weighted by molar-refractivity contribution is 0.577. The molecular weight excluding hydrogens is 290 g/mol. The fourth-order valence-electron chi connectivity index (χ4n) is 2.16. The molecule has 0 unspecified atom stereocenters. The smallest absolute Gasteiger partial charge is 0.244 e. The van der Waals surface area contributed by atoms with Gasteiger partial charge in [-0.1, -0.05) is 6.07 Å². The van der Waals surface area contributed by atoms with Crippen molar-refractivity contribution in [2.24, 2.45) is 5.73 Å². The summed E-state index contributed by atoms with van der Waals surface area (Å²) in [5, 5.41) is 4.23. The van der Waals surface area contributed by atoms with E-state index in [4.69, 9.17) is 5.73 Å². The molecule has 0 aliphatic rings. The van der Waals surface area contributed by atoms with Crippen molar-refractivity contribution in [1.82, 2.24) is 19.5 Å². The van der Waals surface area contributed by atoms with Crippen molar-refractivity contribution >= 4 is 10.0 Å². The molecule has 0 radical (unpaired) electrons. The van der Waals surface area contributed by atoms with Crippen LogP contribution in [-0.2, 0) is 23.1 Å². The van der Waals surface area contributed by atoms with Crippen LogP contribution in [0.15, 0.2) is 29.4 Å². The van der Waals surface area contributed by atoms with E-state index in [9.17, 15) is 8.42 Å². The van der Waals surface area contributed by atoms with E-state index in [1.165, 1.54) is 0 Å². The second kappa shape index (κ2) is 6.33. The molecule has 0 spiro atoms. The number of nitrogens with two attached hydrogens (primary N) is 1. The number of pyridine rings is 1. The molecule has 21 heavy (non-hydrogen) atoms. The van der Waals surface area contributed by atoms with Crippen LogP contribution in [0.5, 0.6) is 0 Å². The number of hydrogen-bond acceptors (Lipinski definition) is 5. The minimum atomic E-state index is -3.62. The summed E-state index contributed by atoms with van der Waals surface area (Å²) in [4.78, 5) is 4.18. The van der Waals surface area contributed by atoms with Gasteiger partial charge in [0.1, 0.15) is 4.90 Å². The van der Waals surface area contributed by atoms with Crippen LogP contribution in [0.2, 0.25) is 0 Å². The topological polar surface area (TPSA) is 103 Å². The van der Waals surface area contributed by atoms with Gasteiger partial charge in [-0.3, -0.25) is 9.67 Å². The Kier molecular flexibility index (Phi) is 4.71. The highest BCUT2D eigenvalue weighted by Crippen LogP contribution is 2.19. The number of aromatic nitrogens is 3. The van der Waals surface area contributed by atoms with Gasteiger partial charge in [-0.05, 0) is 25.5 Å². The monoisotopic (exact) mass is 309 g/mol. The van der Waals surface area contributed by atoms with Crippen molar-refractivity contribution in [3.8, 4) is 0 Å². The molecule has 3 N–H and O–H groups in total. The molecule has 0 aliphatic carbocycles. The fourth-order valence-corrected chi connectivity index (χ4v) is 3.59. The SMILES string of the molecule is Cc1nn(CCN)c(C)c1S(=O)(=O)NCc1cccnc1. The van der Waals surface area contributed by atoms with Crippen LogP contribution in [0, 0.1) is 13.8 Å². The number of nitrogens with zero attached hydrogens (tertiary/aromatic N) is 3. The van der Waals surface area contributed by atoms with Crippen molar-refractivity contribution < 1.29 is 8.42 Å². The number of rotatable bonds is 6. The van der Waals surface area contributed by atoms with Gasteiger partial charge in [0, 0.05) is 25.5 Å². The molecular formula is C13H19N5O2S. The lowest BCUT2D eigenvalue weighted by atomic mass is 10.3. The number of hydrogen-bond donors (Lipinski definition) is 2. The summed E-state index contributed by atoms with van der Waals surface area (Å²) in [7, 11) is -3.62. The summed E-state index contributed by atoms with van der Waals surface area (Å²) in [5.41, 5.74) is 7.36. The first kappa shape index (κ1) is 15.6. The molecule has 114 valence electrons. The van der Waals surface area contributed by atoms with Gasteiger partial charge in [0.05, 0.1) is 17.9 Å². The molecule has 0 amide bonds. The molecule has 0 saturated carbocycles. The average molecular weight is 309 g/mol. The molecule has 8 heteroatoms. The third-order valence-electron chi connectivity index (χ3n) is 3.11. The Hall–Kier alpha value is -1.77. The zero-order valence-electron chi connectivity index (χ0n) is 12.1. The predicted molar refractivity (Wildman–Crippen MR) is 79.0 cm³/mol. The van der Waals surface area contributed by atoms with Crippen molar-refractivity contribution in [3.63, 3.8) is 0 Å². The minimum Gasteiger partial charge on any atom is -0.329 e. The molecule has 2 aromatic rings. The van der Waals surface area contributed by atoms with Gasteiger partial charge in [-0.25, -0.2) is 13.1 Å². The van der Waals surface area contributed by atoms with Crippen LogP contribution in [0.3, 0.4) is 0 Å². The Bertz CT molecular complexity index is 710. The van der Waals surface area contributed by atoms with Crippen LogP contribution in [0.25, 0.3) is 0 Å². The molecule has 0 atom stereocenters. The summed E-state index contributed by atoms with van der Waals surface area (Å²) in [6, 6.07) is 3.58. The minimum absolute atomic E-state index is 0.192. The third kappa shape index (κ3) is 3.46. The number of sulfonamides is 1. The maximum Gasteiger partial charge on any atom is 0.244 e. The third-order valence-corrected chi connectivity index (χ3v) is 4.77. The van der Waals surface area contributed by atoms with Gasteiger partial charge in [0.25, 0.3) is 0 Å². The molecule has 0 fully saturated rings. The Morgan fingerprint density at radius 2 is 2.14 bits per heavy atom. The van der Waals surface area contributed by atoms with Crippen molar-refractivity contribution in [3.05, 3.63) is 41.5 Å². The zero-order chi connectivity index (χ0) is 15.5. The van der Waals surface area contributed by atoms with Crippen molar-refractivity contribution in [2.75, 3.05) is 6.54 Å². The molecule has 0 bridgehead atoms. The highest BCUT2D eigenvalue weighted by molar-refractivity contribution is 7.89. The van der Waals surface area contributed by atoms with Gasteiger partial charge in [-0.15, -0.1) is 0 Å². The van der Waals surface area contributed by atoms with E-state index in [0.717, 1.165) is 5.56 Å². The van der Waals surface area contributed by atoms with Gasteiger partial charge in [0.2, 0.25) is 10.0 Å². The van der Waals surface area contributed by atoms with Gasteiger partial charge >= 0.3 is 0 Å². The van der Waals surface area contributed by atoms with E-state index in [1.807, 2.05) is 6.07 Å². The maximum atomic E-state index is 12.4. The first-order valence-corrected chi connectivity index (χ1v) is 8.06. The van der Waals surface area contributed by atoms with E-state index < -0.39 is 10.0 Å². The van der Waals surface area contributed by atoms with Crippen LogP contribution < -0.4 is 10.5 Å². The molecule has 0 aromatic carbocycles. The fraction of sp³-hybridized carbons (Fsp3) is 0.385. The normalized spacial score (nSPS) is 11.8. The van der Waals surface area contributed by atoms with E-state index >= 15 is 0 Å². The first-order chi connectivity index (χ1) is 9.95. The van der Waals surface area contributed by atoms with Crippen LogP contribution in [0.1, 0.15) is 17.0 Å². The average Bonchev–Trinajstić information content (AvgIpc) is 2.73. The lowest BCUT2D eigenvalue weighted by Crippen LogP contribution is -2.24. The Morgan fingerprint density at radius 1 is 1.38 bits per heavy atom. The molecule has 0 aliphatic heterocycles. The largest absolute Gasteiger partial charge is 0.329 e. The molecule has 2 aromatic heterocycles. The van der Waals surface area contributed by atoms with E-state index in [0.29, 0.717) is 24.5 Å². The summed E-state index contributed by atoms with van der Waals surface area (Å²) in [6.07, 6.45) is 3.27. The Balaban J connectivity index is 2.24. The van der Waals surface area contributed by atoms with Crippen LogP contribution in [0.4, 0.5) is 0 Å². The van der Waals surface area contributed by atoms with Gasteiger partial charge in [0.15, 0.2) is 0 Å². The highest BCUT2D eigenvalue weighted by Gasteiger charge is 2.24. The first-order valence-electron chi connectivity index (χ1n) is 6.58. The number of nitrogens with one attached hydrogen (secondary N) is 1. The Labute approximate surface area is 124 Å². The Morgan fingerprint density at radius 3 is 2.76 bits per heavy atom. The molecule has 0 saturated heterocycles. The second-order valence-corrected chi connectivity index (χ2v) is 6.40. The predicted octanol–water partition coefficient (Wildman–Crippen LogP) is 0.332. The summed E-state index contributed by atoms with van der Waals surface area (Å²) in [5.74, 6) is 0. The highest BCUT2D eigenvalue weighted by atomic mass is 32.2. The lowest BCUT2D eigenvalue weighted by Gasteiger charge is -2.07. The van der Waals surface area contributed by atoms with Crippen LogP contribution >= 0.6 is 0 Å². The summed E-state index contributed by atoms with van der Waals surface area (Å²) < 4.78 is 29.1. The van der Waals surface area contributed by atoms with Gasteiger partial charge in [-0.2, -0.15) is 5.10 Å². The van der Waals surface area contributed by atoms with Crippen molar-refractivity contribution in [2.45, 2.75) is 31.8 Å². The van der Waals surface area contributed by atoms with Gasteiger partial charge < -0.3 is 5.73 Å². The quantitative estimate of drug-likeness (QED) is 0.800. The second-order valence-electron chi connectivity index (χ2n) is 4.70. The standard InChI is InChI=1S/C13H19N5O2S/c1-10-13(11(2)18(17-10)7-5-14)21(19,20)16-9-12-4-3-6-15-8-12/h3-4,6,8,16H,5,7,9,14H2,1-2H3. The van der Waals surface area contributed by atoms with E-state index in [-0.39, 0.29) is 11.4 Å². The van der Waals surface area contributed by atoms with Crippen molar-refractivity contribution in [1.29, 1.82) is 0 Å². The molecule has 2 rings (SSSR count). The summed E-state index contributed by atoms with van der Waals surface area (Å²) in [6.45, 7) is 4.50. The molecule has 2 heterocycles. The summed E-state index contributed by atoms with van der Waals surface area (Å²) >= 11 is 0. The van der Waals surface area contributed by atoms with E-state index in [1.54, 1.807) is 37.0 Å².